The molecule has 1 aliphatic carbocycles. The van der Waals surface area contributed by atoms with Crippen LogP contribution in [0.1, 0.15) is 39.0 Å². The molecule has 1 unspecified atom stereocenters. The normalized spacial score (nSPS) is 33.8. The first-order chi connectivity index (χ1) is 4.79. The highest BCUT2D eigenvalue weighted by Gasteiger charge is 2.04. The minimum atomic E-state index is 0.677. The van der Waals surface area contributed by atoms with Crippen molar-refractivity contribution in [2.75, 3.05) is 0 Å². The summed E-state index contributed by atoms with van der Waals surface area (Å²) in [5.41, 5.74) is 1.54. The molecule has 0 saturated carbocycles. The van der Waals surface area contributed by atoms with Crippen molar-refractivity contribution in [3.63, 3.8) is 0 Å². The molecule has 1 radical (unpaired) electrons. The van der Waals surface area contributed by atoms with Gasteiger partial charge in [0.1, 0.15) is 0 Å². The third-order valence-electron chi connectivity index (χ3n) is 2.17. The number of hydrogen-bond donors (Lipinski definition) is 0. The Morgan fingerprint density at radius 2 is 2.30 bits per heavy atom. The van der Waals surface area contributed by atoms with Crippen LogP contribution in [0.15, 0.2) is 11.6 Å². The van der Waals surface area contributed by atoms with Crippen LogP contribution in [0, 0.1) is 12.8 Å². The van der Waals surface area contributed by atoms with Crippen molar-refractivity contribution in [1.29, 1.82) is 0 Å². The Kier molecular flexibility index (Phi) is 2.98. The van der Waals surface area contributed by atoms with Crippen LogP contribution in [-0.4, -0.2) is 0 Å². The van der Waals surface area contributed by atoms with Gasteiger partial charge in [0.2, 0.25) is 0 Å². The second-order valence-corrected chi connectivity index (χ2v) is 3.41. The minimum Gasteiger partial charge on any atom is -0.0856 e. The average Bonchev–Trinajstić information content (AvgIpc) is 1.83. The summed E-state index contributed by atoms with van der Waals surface area (Å²) in [5, 5.41) is 0. The van der Waals surface area contributed by atoms with Gasteiger partial charge in [0.25, 0.3) is 0 Å². The van der Waals surface area contributed by atoms with E-state index in [9.17, 15) is 0 Å². The lowest BCUT2D eigenvalue weighted by Crippen LogP contribution is -1.98. The van der Waals surface area contributed by atoms with Gasteiger partial charge in [-0.3, -0.25) is 0 Å². The maximum Gasteiger partial charge on any atom is -0.0295 e. The van der Waals surface area contributed by atoms with Gasteiger partial charge in [0.15, 0.2) is 0 Å². The number of hydrogen-bond acceptors (Lipinski definition) is 0. The lowest BCUT2D eigenvalue weighted by Gasteiger charge is -2.13. The summed E-state index contributed by atoms with van der Waals surface area (Å²) >= 11 is 0. The molecule has 0 N–H and O–H groups in total. The van der Waals surface area contributed by atoms with Crippen molar-refractivity contribution < 1.29 is 0 Å². The van der Waals surface area contributed by atoms with Crippen LogP contribution in [0.4, 0.5) is 0 Å². The molecule has 57 valence electrons. The molecule has 0 bridgehead atoms. The molecule has 0 aliphatic heterocycles. The first-order valence-corrected chi connectivity index (χ1v) is 4.28. The fourth-order valence-electron chi connectivity index (χ4n) is 1.57. The molecular weight excluding hydrogens is 120 g/mol. The molecule has 0 fully saturated rings. The predicted octanol–water partition coefficient (Wildman–Crippen LogP) is 3.35. The first kappa shape index (κ1) is 7.84. The van der Waals surface area contributed by atoms with Crippen molar-refractivity contribution in [3.8, 4) is 0 Å². The molecule has 0 saturated heterocycles. The van der Waals surface area contributed by atoms with Gasteiger partial charge in [-0.15, -0.1) is 0 Å². The smallest absolute Gasteiger partial charge is 0.0295 e. The van der Waals surface area contributed by atoms with Crippen molar-refractivity contribution in [3.05, 3.63) is 18.6 Å². The Morgan fingerprint density at radius 1 is 1.50 bits per heavy atom. The highest BCUT2D eigenvalue weighted by atomic mass is 14.1. The average molecular weight is 137 g/mol. The molecule has 10 heavy (non-hydrogen) atoms. The fourth-order valence-corrected chi connectivity index (χ4v) is 1.57. The molecule has 0 aromatic heterocycles. The van der Waals surface area contributed by atoms with E-state index in [-0.39, 0.29) is 0 Å². The Hall–Kier alpha value is -0.260. The van der Waals surface area contributed by atoms with E-state index in [0.29, 0.717) is 5.92 Å². The van der Waals surface area contributed by atoms with Crippen molar-refractivity contribution >= 4 is 0 Å². The summed E-state index contributed by atoms with van der Waals surface area (Å²) in [6.45, 7) is 6.33. The van der Waals surface area contributed by atoms with Gasteiger partial charge in [-0.05, 0) is 39.0 Å². The van der Waals surface area contributed by atoms with Crippen molar-refractivity contribution in [1.82, 2.24) is 0 Å². The molecule has 1 atom stereocenters. The van der Waals surface area contributed by atoms with Gasteiger partial charge in [-0.1, -0.05) is 24.5 Å². The molecular formula is C10H17. The summed E-state index contributed by atoms with van der Waals surface area (Å²) in [5.74, 6) is 0.677. The van der Waals surface area contributed by atoms with Gasteiger partial charge in [0, 0.05) is 0 Å². The van der Waals surface area contributed by atoms with Crippen LogP contribution >= 0.6 is 0 Å². The van der Waals surface area contributed by atoms with Gasteiger partial charge in [-0.25, -0.2) is 0 Å². The SMILES string of the molecule is [CH2]C1CCCC/C=C(/C)C1. The van der Waals surface area contributed by atoms with Gasteiger partial charge in [-0.2, -0.15) is 0 Å². The molecule has 1 rings (SSSR count). The molecule has 0 aromatic rings. The van der Waals surface area contributed by atoms with Crippen LogP contribution in [0.5, 0.6) is 0 Å². The van der Waals surface area contributed by atoms with Crippen molar-refractivity contribution in [2.45, 2.75) is 39.0 Å². The number of rotatable bonds is 0. The second kappa shape index (κ2) is 3.80. The van der Waals surface area contributed by atoms with Gasteiger partial charge < -0.3 is 0 Å². The zero-order valence-electron chi connectivity index (χ0n) is 6.90. The zero-order chi connectivity index (χ0) is 7.40. The highest BCUT2D eigenvalue weighted by molar-refractivity contribution is 5.00. The maximum atomic E-state index is 4.11. The standard InChI is InChI=1S/C10H17/c1-9-6-4-3-5-7-10(2)8-9/h7,9H,1,3-6,8H2,2H3/b10-7-. The lowest BCUT2D eigenvalue weighted by atomic mass is 9.93. The maximum absolute atomic E-state index is 4.11. The van der Waals surface area contributed by atoms with E-state index >= 15 is 0 Å². The monoisotopic (exact) mass is 137 g/mol. The molecule has 0 heterocycles. The van der Waals surface area contributed by atoms with Gasteiger partial charge in [0.05, 0.1) is 0 Å². The molecule has 0 amide bonds. The summed E-state index contributed by atoms with van der Waals surface area (Å²) in [7, 11) is 0. The second-order valence-electron chi connectivity index (χ2n) is 3.41. The zero-order valence-corrected chi connectivity index (χ0v) is 6.90. The topological polar surface area (TPSA) is 0 Å². The molecule has 0 aromatic carbocycles. The van der Waals surface area contributed by atoms with E-state index < -0.39 is 0 Å². The van der Waals surface area contributed by atoms with E-state index in [1.54, 1.807) is 5.57 Å². The fraction of sp³-hybridized carbons (Fsp3) is 0.700. The Balaban J connectivity index is 2.43. The third-order valence-corrected chi connectivity index (χ3v) is 2.17. The Bertz CT molecular complexity index is 122. The lowest BCUT2D eigenvalue weighted by molar-refractivity contribution is 0.524. The Labute approximate surface area is 64.3 Å². The largest absolute Gasteiger partial charge is 0.0856 e. The molecule has 0 spiro atoms. The summed E-state index contributed by atoms with van der Waals surface area (Å²) in [6, 6.07) is 0. The van der Waals surface area contributed by atoms with Crippen LogP contribution in [0.25, 0.3) is 0 Å². The minimum absolute atomic E-state index is 0.677. The van der Waals surface area contributed by atoms with Gasteiger partial charge >= 0.3 is 0 Å². The van der Waals surface area contributed by atoms with Crippen LogP contribution in [0.2, 0.25) is 0 Å². The van der Waals surface area contributed by atoms with E-state index in [1.807, 2.05) is 0 Å². The molecule has 0 heteroatoms. The summed E-state index contributed by atoms with van der Waals surface area (Å²) < 4.78 is 0. The van der Waals surface area contributed by atoms with Crippen LogP contribution in [0.3, 0.4) is 0 Å². The van der Waals surface area contributed by atoms with Crippen molar-refractivity contribution in [2.24, 2.45) is 5.92 Å². The summed E-state index contributed by atoms with van der Waals surface area (Å²) in [4.78, 5) is 0. The molecule has 1 aliphatic rings. The number of allylic oxidation sites excluding steroid dienone is 2. The summed E-state index contributed by atoms with van der Waals surface area (Å²) in [6.07, 6.45) is 8.95. The van der Waals surface area contributed by atoms with Crippen LogP contribution in [-0.2, 0) is 0 Å². The van der Waals surface area contributed by atoms with E-state index in [2.05, 4.69) is 19.9 Å². The van der Waals surface area contributed by atoms with E-state index in [4.69, 9.17) is 0 Å². The quantitative estimate of drug-likeness (QED) is 0.449. The van der Waals surface area contributed by atoms with E-state index in [1.165, 1.54) is 32.1 Å². The predicted molar refractivity (Wildman–Crippen MR) is 45.7 cm³/mol. The van der Waals surface area contributed by atoms with E-state index in [0.717, 1.165) is 0 Å². The van der Waals surface area contributed by atoms with Crippen LogP contribution < -0.4 is 0 Å². The Morgan fingerprint density at radius 3 is 3.10 bits per heavy atom. The first-order valence-electron chi connectivity index (χ1n) is 4.28. The third kappa shape index (κ3) is 2.55. The molecule has 0 nitrogen and oxygen atoms in total. The highest BCUT2D eigenvalue weighted by Crippen LogP contribution is 2.21.